The highest BCUT2D eigenvalue weighted by atomic mass is 35.5. The number of hydrogen-bond donors (Lipinski definition) is 2. The SMILES string of the molecule is Nc1ccc(SC(C(=O)Nc2ccc(Cl)cc2C(F)(F)F)c2ccccc2)cc1. The predicted molar refractivity (Wildman–Crippen MR) is 111 cm³/mol. The summed E-state index contributed by atoms with van der Waals surface area (Å²) in [5.41, 5.74) is 5.59. The monoisotopic (exact) mass is 436 g/mol. The van der Waals surface area contributed by atoms with Gasteiger partial charge in [0.1, 0.15) is 5.25 Å². The molecule has 0 aromatic heterocycles. The van der Waals surface area contributed by atoms with E-state index in [0.717, 1.165) is 17.0 Å². The average molecular weight is 437 g/mol. The van der Waals surface area contributed by atoms with Crippen LogP contribution in [0.5, 0.6) is 0 Å². The third-order valence-corrected chi connectivity index (χ3v) is 5.52. The summed E-state index contributed by atoms with van der Waals surface area (Å²) in [6.45, 7) is 0. The number of carbonyl (C=O) groups is 1. The fraction of sp³-hybridized carbons (Fsp3) is 0.0952. The molecule has 0 fully saturated rings. The van der Waals surface area contributed by atoms with Gasteiger partial charge in [-0.05, 0) is 48.0 Å². The predicted octanol–water partition coefficient (Wildman–Crippen LogP) is 6.41. The number of carbonyl (C=O) groups excluding carboxylic acids is 1. The second kappa shape index (κ2) is 8.80. The second-order valence-electron chi connectivity index (χ2n) is 6.15. The maximum absolute atomic E-state index is 13.4. The van der Waals surface area contributed by atoms with Crippen molar-refractivity contribution in [1.29, 1.82) is 0 Å². The zero-order chi connectivity index (χ0) is 21.0. The molecule has 0 aliphatic carbocycles. The van der Waals surface area contributed by atoms with Crippen molar-refractivity contribution in [2.45, 2.75) is 16.3 Å². The molecule has 150 valence electrons. The van der Waals surface area contributed by atoms with Gasteiger partial charge in [0.15, 0.2) is 0 Å². The van der Waals surface area contributed by atoms with E-state index in [4.69, 9.17) is 17.3 Å². The van der Waals surface area contributed by atoms with Gasteiger partial charge in [0, 0.05) is 15.6 Å². The van der Waals surface area contributed by atoms with E-state index in [2.05, 4.69) is 5.32 Å². The molecule has 0 heterocycles. The first-order valence-corrected chi connectivity index (χ1v) is 9.74. The van der Waals surface area contributed by atoms with Crippen LogP contribution in [0.3, 0.4) is 0 Å². The number of rotatable bonds is 5. The summed E-state index contributed by atoms with van der Waals surface area (Å²) in [5, 5.41) is 1.58. The number of nitrogens with two attached hydrogens (primary N) is 1. The fourth-order valence-corrected chi connectivity index (χ4v) is 3.84. The van der Waals surface area contributed by atoms with E-state index >= 15 is 0 Å². The topological polar surface area (TPSA) is 55.1 Å². The normalized spacial score (nSPS) is 12.4. The molecule has 0 aliphatic heterocycles. The molecule has 1 unspecified atom stereocenters. The Hall–Kier alpha value is -2.64. The van der Waals surface area contributed by atoms with Gasteiger partial charge in [-0.2, -0.15) is 13.2 Å². The van der Waals surface area contributed by atoms with Gasteiger partial charge < -0.3 is 11.1 Å². The van der Waals surface area contributed by atoms with E-state index in [-0.39, 0.29) is 10.7 Å². The fourth-order valence-electron chi connectivity index (χ4n) is 2.64. The lowest BCUT2D eigenvalue weighted by atomic mass is 10.1. The third kappa shape index (κ3) is 5.46. The minimum absolute atomic E-state index is 0.0637. The maximum atomic E-state index is 13.4. The Labute approximate surface area is 175 Å². The molecule has 3 aromatic carbocycles. The van der Waals surface area contributed by atoms with Crippen molar-refractivity contribution in [3.05, 3.63) is 88.9 Å². The van der Waals surface area contributed by atoms with Crippen LogP contribution in [0.4, 0.5) is 24.5 Å². The zero-order valence-electron chi connectivity index (χ0n) is 14.9. The van der Waals surface area contributed by atoms with Crippen LogP contribution in [0.1, 0.15) is 16.4 Å². The zero-order valence-corrected chi connectivity index (χ0v) is 16.5. The van der Waals surface area contributed by atoms with Crippen molar-refractivity contribution in [3.8, 4) is 0 Å². The molecule has 3 rings (SSSR count). The Morgan fingerprint density at radius 1 is 1.00 bits per heavy atom. The van der Waals surface area contributed by atoms with Gasteiger partial charge in [0.2, 0.25) is 5.91 Å². The first-order valence-electron chi connectivity index (χ1n) is 8.49. The van der Waals surface area contributed by atoms with E-state index in [9.17, 15) is 18.0 Å². The standard InChI is InChI=1S/C21H16ClF3N2OS/c22-14-6-11-18(17(12-14)21(23,24)25)27-20(28)19(13-4-2-1-3-5-13)29-16-9-7-15(26)8-10-16/h1-12,19H,26H2,(H,27,28). The van der Waals surface area contributed by atoms with Crippen LogP contribution in [-0.4, -0.2) is 5.91 Å². The Kier molecular flexibility index (Phi) is 6.39. The van der Waals surface area contributed by atoms with Crippen LogP contribution < -0.4 is 11.1 Å². The number of nitrogens with one attached hydrogen (secondary N) is 1. The molecule has 0 bridgehead atoms. The molecule has 0 saturated carbocycles. The summed E-state index contributed by atoms with van der Waals surface area (Å²) in [5.74, 6) is -0.578. The highest BCUT2D eigenvalue weighted by molar-refractivity contribution is 8.00. The molecule has 1 atom stereocenters. The lowest BCUT2D eigenvalue weighted by Crippen LogP contribution is -2.21. The van der Waals surface area contributed by atoms with E-state index in [1.807, 2.05) is 0 Å². The summed E-state index contributed by atoms with van der Waals surface area (Å²) in [4.78, 5) is 13.8. The van der Waals surface area contributed by atoms with Crippen molar-refractivity contribution in [1.82, 2.24) is 0 Å². The number of anilines is 2. The second-order valence-corrected chi connectivity index (χ2v) is 7.77. The lowest BCUT2D eigenvalue weighted by molar-refractivity contribution is -0.137. The van der Waals surface area contributed by atoms with Crippen molar-refractivity contribution in [3.63, 3.8) is 0 Å². The van der Waals surface area contributed by atoms with Gasteiger partial charge in [0.25, 0.3) is 0 Å². The van der Waals surface area contributed by atoms with Crippen LogP contribution >= 0.6 is 23.4 Å². The highest BCUT2D eigenvalue weighted by Gasteiger charge is 2.35. The number of halogens is 4. The average Bonchev–Trinajstić information content (AvgIpc) is 2.68. The highest BCUT2D eigenvalue weighted by Crippen LogP contribution is 2.39. The summed E-state index contributed by atoms with van der Waals surface area (Å²) in [7, 11) is 0. The van der Waals surface area contributed by atoms with Crippen molar-refractivity contribution in [2.24, 2.45) is 0 Å². The van der Waals surface area contributed by atoms with Crippen LogP contribution in [0.25, 0.3) is 0 Å². The molecule has 0 radical (unpaired) electrons. The molecule has 1 amide bonds. The van der Waals surface area contributed by atoms with Crippen molar-refractivity contribution >= 4 is 40.6 Å². The number of hydrogen-bond acceptors (Lipinski definition) is 3. The van der Waals surface area contributed by atoms with Gasteiger partial charge >= 0.3 is 6.18 Å². The molecule has 8 heteroatoms. The first-order chi connectivity index (χ1) is 13.7. The summed E-state index contributed by atoms with van der Waals surface area (Å²) < 4.78 is 40.1. The number of nitrogen functional groups attached to an aromatic ring is 1. The largest absolute Gasteiger partial charge is 0.418 e. The van der Waals surface area contributed by atoms with Crippen molar-refractivity contribution in [2.75, 3.05) is 11.1 Å². The Morgan fingerprint density at radius 3 is 2.28 bits per heavy atom. The molecule has 3 nitrogen and oxygen atoms in total. The van der Waals surface area contributed by atoms with Crippen molar-refractivity contribution < 1.29 is 18.0 Å². The van der Waals surface area contributed by atoms with E-state index in [1.165, 1.54) is 17.8 Å². The van der Waals surface area contributed by atoms with Crippen LogP contribution in [-0.2, 0) is 11.0 Å². The molecular formula is C21H16ClF3N2OS. The molecule has 0 saturated heterocycles. The lowest BCUT2D eigenvalue weighted by Gasteiger charge is -2.19. The molecule has 3 N–H and O–H groups in total. The number of amides is 1. The Morgan fingerprint density at radius 2 is 1.66 bits per heavy atom. The Bertz CT molecular complexity index is 995. The minimum atomic E-state index is -4.65. The van der Waals surface area contributed by atoms with Gasteiger partial charge in [-0.3, -0.25) is 4.79 Å². The van der Waals surface area contributed by atoms with Gasteiger partial charge in [-0.15, -0.1) is 11.8 Å². The Balaban J connectivity index is 1.93. The number of alkyl halides is 3. The maximum Gasteiger partial charge on any atom is 0.418 e. The smallest absolute Gasteiger partial charge is 0.399 e. The van der Waals surface area contributed by atoms with Crippen LogP contribution in [0.15, 0.2) is 77.7 Å². The minimum Gasteiger partial charge on any atom is -0.399 e. The van der Waals surface area contributed by atoms with E-state index in [0.29, 0.717) is 11.3 Å². The van der Waals surface area contributed by atoms with E-state index < -0.39 is 22.9 Å². The first kappa shape index (κ1) is 21.1. The molecule has 0 spiro atoms. The summed E-state index contributed by atoms with van der Waals surface area (Å²) >= 11 is 6.93. The number of benzene rings is 3. The van der Waals surface area contributed by atoms with Gasteiger partial charge in [0.05, 0.1) is 11.3 Å². The summed E-state index contributed by atoms with van der Waals surface area (Å²) in [6, 6.07) is 19.0. The van der Waals surface area contributed by atoms with Gasteiger partial charge in [-0.25, -0.2) is 0 Å². The summed E-state index contributed by atoms with van der Waals surface area (Å²) in [6.07, 6.45) is -4.65. The van der Waals surface area contributed by atoms with Crippen LogP contribution in [0.2, 0.25) is 5.02 Å². The third-order valence-electron chi connectivity index (χ3n) is 4.02. The molecular weight excluding hydrogens is 421 g/mol. The molecule has 29 heavy (non-hydrogen) atoms. The van der Waals surface area contributed by atoms with Crippen LogP contribution in [0, 0.1) is 0 Å². The van der Waals surface area contributed by atoms with Gasteiger partial charge in [-0.1, -0.05) is 41.9 Å². The quantitative estimate of drug-likeness (QED) is 0.358. The molecule has 0 aliphatic rings. The van der Waals surface area contributed by atoms with E-state index in [1.54, 1.807) is 54.6 Å². The number of thioether (sulfide) groups is 1. The molecule has 3 aromatic rings.